The van der Waals surface area contributed by atoms with Gasteiger partial charge in [-0.05, 0) is 24.0 Å². The van der Waals surface area contributed by atoms with E-state index in [1.807, 2.05) is 4.90 Å². The Bertz CT molecular complexity index is 401. The summed E-state index contributed by atoms with van der Waals surface area (Å²) in [5, 5.41) is 3.06. The molecule has 0 bridgehead atoms. The van der Waals surface area contributed by atoms with Gasteiger partial charge in [0.05, 0.1) is 6.54 Å². The SMILES string of the molecule is C=CCNCC(=O)N1CCc2ccccc2CC1. The van der Waals surface area contributed by atoms with Crippen LogP contribution in [-0.4, -0.2) is 37.0 Å². The fraction of sp³-hybridized carbons (Fsp3) is 0.400. The molecule has 1 aromatic rings. The van der Waals surface area contributed by atoms with Crippen LogP contribution in [0.25, 0.3) is 0 Å². The van der Waals surface area contributed by atoms with E-state index in [4.69, 9.17) is 0 Å². The topological polar surface area (TPSA) is 32.3 Å². The fourth-order valence-electron chi connectivity index (χ4n) is 2.31. The number of rotatable bonds is 4. The van der Waals surface area contributed by atoms with Gasteiger partial charge >= 0.3 is 0 Å². The van der Waals surface area contributed by atoms with Crippen LogP contribution in [0.5, 0.6) is 0 Å². The maximum atomic E-state index is 12.0. The number of benzene rings is 1. The Morgan fingerprint density at radius 1 is 1.28 bits per heavy atom. The van der Waals surface area contributed by atoms with Gasteiger partial charge in [-0.25, -0.2) is 0 Å². The number of nitrogens with one attached hydrogen (secondary N) is 1. The van der Waals surface area contributed by atoms with Gasteiger partial charge in [0.2, 0.25) is 5.91 Å². The van der Waals surface area contributed by atoms with E-state index in [0.29, 0.717) is 13.1 Å². The van der Waals surface area contributed by atoms with Gasteiger partial charge < -0.3 is 10.2 Å². The van der Waals surface area contributed by atoms with Crippen LogP contribution < -0.4 is 5.32 Å². The number of carbonyl (C=O) groups is 1. The minimum absolute atomic E-state index is 0.185. The van der Waals surface area contributed by atoms with Crippen molar-refractivity contribution >= 4 is 5.91 Å². The molecule has 96 valence electrons. The Labute approximate surface area is 108 Å². The number of carbonyl (C=O) groups excluding carboxylic acids is 1. The summed E-state index contributed by atoms with van der Waals surface area (Å²) in [5.41, 5.74) is 2.76. The molecule has 1 aliphatic rings. The molecule has 0 saturated heterocycles. The molecule has 0 spiro atoms. The normalized spacial score (nSPS) is 14.8. The first kappa shape index (κ1) is 12.8. The van der Waals surface area contributed by atoms with Crippen LogP contribution in [0.1, 0.15) is 11.1 Å². The van der Waals surface area contributed by atoms with Crippen molar-refractivity contribution in [1.82, 2.24) is 10.2 Å². The lowest BCUT2D eigenvalue weighted by atomic mass is 10.0. The predicted octanol–water partition coefficient (Wildman–Crippen LogP) is 1.39. The van der Waals surface area contributed by atoms with Crippen LogP contribution in [0.4, 0.5) is 0 Å². The van der Waals surface area contributed by atoms with E-state index in [1.165, 1.54) is 11.1 Å². The lowest BCUT2D eigenvalue weighted by molar-refractivity contribution is -0.130. The van der Waals surface area contributed by atoms with Gasteiger partial charge in [-0.2, -0.15) is 0 Å². The Hall–Kier alpha value is -1.61. The number of hydrogen-bond acceptors (Lipinski definition) is 2. The first-order chi connectivity index (χ1) is 8.81. The maximum Gasteiger partial charge on any atom is 0.236 e. The molecule has 1 aromatic carbocycles. The number of fused-ring (bicyclic) bond motifs is 1. The van der Waals surface area contributed by atoms with E-state index in [2.05, 4.69) is 36.2 Å². The average molecular weight is 244 g/mol. The van der Waals surface area contributed by atoms with Crippen LogP contribution in [0, 0.1) is 0 Å². The zero-order chi connectivity index (χ0) is 12.8. The van der Waals surface area contributed by atoms with Gasteiger partial charge in [0.25, 0.3) is 0 Å². The van der Waals surface area contributed by atoms with Gasteiger partial charge in [-0.3, -0.25) is 4.79 Å². The molecular formula is C15H20N2O. The molecule has 0 saturated carbocycles. The van der Waals surface area contributed by atoms with Crippen LogP contribution in [0.15, 0.2) is 36.9 Å². The molecule has 2 rings (SSSR count). The Kier molecular flexibility index (Phi) is 4.53. The second kappa shape index (κ2) is 6.36. The van der Waals surface area contributed by atoms with Crippen LogP contribution in [-0.2, 0) is 17.6 Å². The molecule has 0 aliphatic carbocycles. The summed E-state index contributed by atoms with van der Waals surface area (Å²) in [6, 6.07) is 8.47. The van der Waals surface area contributed by atoms with Gasteiger partial charge in [0.1, 0.15) is 0 Å². The minimum atomic E-state index is 0.185. The molecule has 0 fully saturated rings. The second-order valence-corrected chi connectivity index (χ2v) is 4.57. The van der Waals surface area contributed by atoms with Crippen molar-refractivity contribution in [2.75, 3.05) is 26.2 Å². The molecule has 0 radical (unpaired) electrons. The zero-order valence-electron chi connectivity index (χ0n) is 10.7. The largest absolute Gasteiger partial charge is 0.341 e. The molecule has 1 aliphatic heterocycles. The maximum absolute atomic E-state index is 12.0. The quantitative estimate of drug-likeness (QED) is 0.641. The van der Waals surface area contributed by atoms with Crippen molar-refractivity contribution in [2.45, 2.75) is 12.8 Å². The van der Waals surface area contributed by atoms with Crippen molar-refractivity contribution < 1.29 is 4.79 Å². The van der Waals surface area contributed by atoms with E-state index < -0.39 is 0 Å². The summed E-state index contributed by atoms with van der Waals surface area (Å²) in [4.78, 5) is 14.0. The van der Waals surface area contributed by atoms with Gasteiger partial charge in [0.15, 0.2) is 0 Å². The number of nitrogens with zero attached hydrogens (tertiary/aromatic N) is 1. The highest BCUT2D eigenvalue weighted by atomic mass is 16.2. The molecule has 0 atom stereocenters. The van der Waals surface area contributed by atoms with Crippen molar-refractivity contribution in [3.8, 4) is 0 Å². The Morgan fingerprint density at radius 3 is 2.44 bits per heavy atom. The monoisotopic (exact) mass is 244 g/mol. The van der Waals surface area contributed by atoms with E-state index in [-0.39, 0.29) is 5.91 Å². The first-order valence-electron chi connectivity index (χ1n) is 6.47. The summed E-state index contributed by atoms with van der Waals surface area (Å²) >= 11 is 0. The highest BCUT2D eigenvalue weighted by Gasteiger charge is 2.17. The molecular weight excluding hydrogens is 224 g/mol. The van der Waals surface area contributed by atoms with E-state index in [1.54, 1.807) is 6.08 Å². The van der Waals surface area contributed by atoms with Gasteiger partial charge in [-0.15, -0.1) is 6.58 Å². The summed E-state index contributed by atoms with van der Waals surface area (Å²) in [5.74, 6) is 0.185. The average Bonchev–Trinajstić information content (AvgIpc) is 2.61. The second-order valence-electron chi connectivity index (χ2n) is 4.57. The molecule has 1 N–H and O–H groups in total. The van der Waals surface area contributed by atoms with Crippen molar-refractivity contribution in [3.05, 3.63) is 48.0 Å². The third kappa shape index (κ3) is 3.20. The van der Waals surface area contributed by atoms with Crippen molar-refractivity contribution in [1.29, 1.82) is 0 Å². The molecule has 1 heterocycles. The lowest BCUT2D eigenvalue weighted by Crippen LogP contribution is -2.39. The molecule has 0 aromatic heterocycles. The van der Waals surface area contributed by atoms with Crippen LogP contribution in [0.3, 0.4) is 0 Å². The Balaban J connectivity index is 1.91. The minimum Gasteiger partial charge on any atom is -0.341 e. The fourth-order valence-corrected chi connectivity index (χ4v) is 2.31. The van der Waals surface area contributed by atoms with Crippen LogP contribution >= 0.6 is 0 Å². The first-order valence-corrected chi connectivity index (χ1v) is 6.47. The van der Waals surface area contributed by atoms with Crippen molar-refractivity contribution in [3.63, 3.8) is 0 Å². The third-order valence-corrected chi connectivity index (χ3v) is 3.34. The number of hydrogen-bond donors (Lipinski definition) is 1. The third-order valence-electron chi connectivity index (χ3n) is 3.34. The lowest BCUT2D eigenvalue weighted by Gasteiger charge is -2.20. The zero-order valence-corrected chi connectivity index (χ0v) is 10.7. The van der Waals surface area contributed by atoms with E-state index >= 15 is 0 Å². The summed E-state index contributed by atoms with van der Waals surface area (Å²) in [6.07, 6.45) is 3.69. The summed E-state index contributed by atoms with van der Waals surface area (Å²) < 4.78 is 0. The highest BCUT2D eigenvalue weighted by Crippen LogP contribution is 2.15. The summed E-state index contributed by atoms with van der Waals surface area (Å²) in [6.45, 7) is 6.36. The van der Waals surface area contributed by atoms with Crippen molar-refractivity contribution in [2.24, 2.45) is 0 Å². The molecule has 0 unspecified atom stereocenters. The molecule has 3 heteroatoms. The van der Waals surface area contributed by atoms with Gasteiger partial charge in [-0.1, -0.05) is 30.3 Å². The highest BCUT2D eigenvalue weighted by molar-refractivity contribution is 5.78. The molecule has 1 amide bonds. The van der Waals surface area contributed by atoms with E-state index in [9.17, 15) is 4.79 Å². The standard InChI is InChI=1S/C15H20N2O/c1-2-9-16-12-15(18)17-10-7-13-5-3-4-6-14(13)8-11-17/h2-6,16H,1,7-12H2. The molecule has 3 nitrogen and oxygen atoms in total. The van der Waals surface area contributed by atoms with Gasteiger partial charge in [0, 0.05) is 19.6 Å². The summed E-state index contributed by atoms with van der Waals surface area (Å²) in [7, 11) is 0. The smallest absolute Gasteiger partial charge is 0.236 e. The Morgan fingerprint density at radius 2 is 1.89 bits per heavy atom. The predicted molar refractivity (Wildman–Crippen MR) is 73.5 cm³/mol. The number of amides is 1. The van der Waals surface area contributed by atoms with Crippen LogP contribution in [0.2, 0.25) is 0 Å². The molecule has 18 heavy (non-hydrogen) atoms. The van der Waals surface area contributed by atoms with E-state index in [0.717, 1.165) is 25.9 Å².